The quantitative estimate of drug-likeness (QED) is 0.819. The maximum Gasteiger partial charge on any atom is 0.0453 e. The van der Waals surface area contributed by atoms with Crippen molar-refractivity contribution in [2.75, 3.05) is 0 Å². The van der Waals surface area contributed by atoms with E-state index in [-0.39, 0.29) is 6.04 Å². The molecule has 2 aromatic rings. The van der Waals surface area contributed by atoms with E-state index in [1.54, 1.807) is 0 Å². The molecule has 1 unspecified atom stereocenters. The predicted molar refractivity (Wildman–Crippen MR) is 80.5 cm³/mol. The van der Waals surface area contributed by atoms with Crippen LogP contribution < -0.4 is 5.32 Å². The Morgan fingerprint density at radius 3 is 2.39 bits per heavy atom. The lowest BCUT2D eigenvalue weighted by Crippen LogP contribution is -2.22. The van der Waals surface area contributed by atoms with E-state index in [1.165, 1.54) is 9.75 Å². The minimum atomic E-state index is 0.246. The molecule has 0 bridgehead atoms. The van der Waals surface area contributed by atoms with Gasteiger partial charge in [-0.2, -0.15) is 0 Å². The Hall–Kier alpha value is -0.830. The Morgan fingerprint density at radius 1 is 1.06 bits per heavy atom. The summed E-state index contributed by atoms with van der Waals surface area (Å²) in [5.74, 6) is 0. The molecule has 0 spiro atoms. The number of aryl methyl sites for hydroxylation is 1. The molecule has 18 heavy (non-hydrogen) atoms. The van der Waals surface area contributed by atoms with Gasteiger partial charge in [0, 0.05) is 26.9 Å². The first-order valence-electron chi connectivity index (χ1n) is 6.14. The summed E-state index contributed by atoms with van der Waals surface area (Å²) >= 11 is 8.06. The van der Waals surface area contributed by atoms with Crippen LogP contribution in [0.4, 0.5) is 0 Å². The third-order valence-corrected chi connectivity index (χ3v) is 4.59. The van der Waals surface area contributed by atoms with Crippen molar-refractivity contribution in [1.29, 1.82) is 0 Å². The van der Waals surface area contributed by atoms with Crippen LogP contribution in [0.3, 0.4) is 0 Å². The van der Waals surface area contributed by atoms with E-state index in [2.05, 4.69) is 44.3 Å². The van der Waals surface area contributed by atoms with E-state index >= 15 is 0 Å². The maximum absolute atomic E-state index is 6.22. The van der Waals surface area contributed by atoms with Gasteiger partial charge in [0.2, 0.25) is 0 Å². The zero-order valence-electron chi connectivity index (χ0n) is 10.9. The number of halogens is 1. The second kappa shape index (κ2) is 5.87. The molecule has 1 N–H and O–H groups in total. The molecule has 1 nitrogen and oxygen atoms in total. The molecule has 0 aliphatic carbocycles. The minimum absolute atomic E-state index is 0.246. The highest BCUT2D eigenvalue weighted by Crippen LogP contribution is 2.27. The van der Waals surface area contributed by atoms with Crippen LogP contribution in [0.25, 0.3) is 0 Å². The molecule has 0 fully saturated rings. The summed E-state index contributed by atoms with van der Waals surface area (Å²) in [6.45, 7) is 6.48. The van der Waals surface area contributed by atoms with Crippen LogP contribution in [-0.2, 0) is 0 Å². The Labute approximate surface area is 118 Å². The number of hydrogen-bond acceptors (Lipinski definition) is 2. The zero-order chi connectivity index (χ0) is 13.1. The Kier molecular flexibility index (Phi) is 4.44. The van der Waals surface area contributed by atoms with E-state index in [0.29, 0.717) is 6.04 Å². The molecule has 0 radical (unpaired) electrons. The van der Waals surface area contributed by atoms with E-state index in [1.807, 2.05) is 29.5 Å². The zero-order valence-corrected chi connectivity index (χ0v) is 12.5. The lowest BCUT2D eigenvalue weighted by molar-refractivity contribution is 0.500. The van der Waals surface area contributed by atoms with Gasteiger partial charge in [-0.25, -0.2) is 0 Å². The van der Waals surface area contributed by atoms with E-state index in [4.69, 9.17) is 11.6 Å². The van der Waals surface area contributed by atoms with Gasteiger partial charge in [-0.15, -0.1) is 11.3 Å². The molecular formula is C15H18ClNS. The van der Waals surface area contributed by atoms with Crippen LogP contribution in [0.15, 0.2) is 36.4 Å². The molecular weight excluding hydrogens is 262 g/mol. The van der Waals surface area contributed by atoms with E-state index < -0.39 is 0 Å². The SMILES string of the molecule is Cc1ccc(C(C)N[C@H](C)c2ccccc2Cl)s1. The van der Waals surface area contributed by atoms with Crippen molar-refractivity contribution in [1.82, 2.24) is 5.32 Å². The molecule has 0 aliphatic heterocycles. The van der Waals surface area contributed by atoms with Crippen molar-refractivity contribution in [3.8, 4) is 0 Å². The average molecular weight is 280 g/mol. The first-order chi connectivity index (χ1) is 8.58. The fourth-order valence-corrected chi connectivity index (χ4v) is 3.25. The van der Waals surface area contributed by atoms with Crippen molar-refractivity contribution in [2.45, 2.75) is 32.9 Å². The molecule has 2 rings (SSSR count). The van der Waals surface area contributed by atoms with Crippen molar-refractivity contribution in [3.63, 3.8) is 0 Å². The van der Waals surface area contributed by atoms with Crippen molar-refractivity contribution >= 4 is 22.9 Å². The van der Waals surface area contributed by atoms with Gasteiger partial charge in [0.1, 0.15) is 0 Å². The standard InChI is InChI=1S/C15H18ClNS/c1-10-8-9-15(18-10)12(3)17-11(2)13-6-4-5-7-14(13)16/h4-9,11-12,17H,1-3H3/t11-,12?/m1/s1. The summed E-state index contributed by atoms with van der Waals surface area (Å²) in [6.07, 6.45) is 0. The molecule has 96 valence electrons. The van der Waals surface area contributed by atoms with Crippen LogP contribution in [-0.4, -0.2) is 0 Å². The van der Waals surface area contributed by atoms with Gasteiger partial charge in [-0.05, 0) is 44.5 Å². The molecule has 0 saturated heterocycles. The number of hydrogen-bond donors (Lipinski definition) is 1. The summed E-state index contributed by atoms with van der Waals surface area (Å²) in [6, 6.07) is 13.0. The molecule has 0 aliphatic rings. The molecule has 0 amide bonds. The van der Waals surface area contributed by atoms with Gasteiger partial charge < -0.3 is 5.32 Å². The third-order valence-electron chi connectivity index (χ3n) is 3.06. The maximum atomic E-state index is 6.22. The van der Waals surface area contributed by atoms with E-state index in [0.717, 1.165) is 10.6 Å². The first-order valence-corrected chi connectivity index (χ1v) is 7.34. The normalized spacial score (nSPS) is 14.4. The number of nitrogens with one attached hydrogen (secondary N) is 1. The number of thiophene rings is 1. The second-order valence-electron chi connectivity index (χ2n) is 4.58. The van der Waals surface area contributed by atoms with Gasteiger partial charge in [-0.3, -0.25) is 0 Å². The van der Waals surface area contributed by atoms with Gasteiger partial charge in [0.25, 0.3) is 0 Å². The van der Waals surface area contributed by atoms with Crippen LogP contribution in [0.5, 0.6) is 0 Å². The van der Waals surface area contributed by atoms with E-state index in [9.17, 15) is 0 Å². The van der Waals surface area contributed by atoms with Gasteiger partial charge in [0.05, 0.1) is 0 Å². The summed E-state index contributed by atoms with van der Waals surface area (Å²) in [5, 5.41) is 4.42. The minimum Gasteiger partial charge on any atom is -0.303 e. The summed E-state index contributed by atoms with van der Waals surface area (Å²) in [5.41, 5.74) is 1.15. The molecule has 3 heteroatoms. The fraction of sp³-hybridized carbons (Fsp3) is 0.333. The third kappa shape index (κ3) is 3.14. The first kappa shape index (κ1) is 13.6. The Morgan fingerprint density at radius 2 is 1.78 bits per heavy atom. The second-order valence-corrected chi connectivity index (χ2v) is 6.31. The molecule has 2 atom stereocenters. The summed E-state index contributed by atoms with van der Waals surface area (Å²) < 4.78 is 0. The highest BCUT2D eigenvalue weighted by Gasteiger charge is 2.14. The topological polar surface area (TPSA) is 12.0 Å². The largest absolute Gasteiger partial charge is 0.303 e. The lowest BCUT2D eigenvalue weighted by Gasteiger charge is -2.20. The summed E-state index contributed by atoms with van der Waals surface area (Å²) in [7, 11) is 0. The van der Waals surface area contributed by atoms with Crippen molar-refractivity contribution in [3.05, 3.63) is 56.7 Å². The fourth-order valence-electron chi connectivity index (χ4n) is 2.06. The predicted octanol–water partition coefficient (Wildman–Crippen LogP) is 5.12. The number of benzene rings is 1. The van der Waals surface area contributed by atoms with Crippen LogP contribution >= 0.6 is 22.9 Å². The smallest absolute Gasteiger partial charge is 0.0453 e. The highest BCUT2D eigenvalue weighted by molar-refractivity contribution is 7.12. The summed E-state index contributed by atoms with van der Waals surface area (Å²) in [4.78, 5) is 2.72. The Balaban J connectivity index is 2.08. The molecule has 0 saturated carbocycles. The Bertz CT molecular complexity index is 521. The molecule has 1 heterocycles. The van der Waals surface area contributed by atoms with Crippen LogP contribution in [0, 0.1) is 6.92 Å². The highest BCUT2D eigenvalue weighted by atomic mass is 35.5. The van der Waals surface area contributed by atoms with Crippen LogP contribution in [0.2, 0.25) is 5.02 Å². The average Bonchev–Trinajstić information content (AvgIpc) is 2.76. The molecule has 1 aromatic heterocycles. The molecule has 1 aromatic carbocycles. The van der Waals surface area contributed by atoms with Gasteiger partial charge in [0.15, 0.2) is 0 Å². The monoisotopic (exact) mass is 279 g/mol. The van der Waals surface area contributed by atoms with Gasteiger partial charge in [-0.1, -0.05) is 29.8 Å². The van der Waals surface area contributed by atoms with Gasteiger partial charge >= 0.3 is 0 Å². The lowest BCUT2D eigenvalue weighted by atomic mass is 10.1. The van der Waals surface area contributed by atoms with Crippen LogP contribution in [0.1, 0.15) is 41.2 Å². The van der Waals surface area contributed by atoms with Crippen molar-refractivity contribution in [2.24, 2.45) is 0 Å². The number of rotatable bonds is 4. The van der Waals surface area contributed by atoms with Crippen molar-refractivity contribution < 1.29 is 0 Å².